The van der Waals surface area contributed by atoms with Gasteiger partial charge < -0.3 is 10.2 Å². The minimum Gasteiger partial charge on any atom is -0.339 e. The number of nitrogens with one attached hydrogen (secondary N) is 1. The second-order valence-electron chi connectivity index (χ2n) is 5.86. The quantitative estimate of drug-likeness (QED) is 0.935. The number of anilines is 1. The van der Waals surface area contributed by atoms with Crippen molar-refractivity contribution >= 4 is 17.5 Å². The Balaban J connectivity index is 1.68. The molecule has 0 radical (unpaired) electrons. The van der Waals surface area contributed by atoms with Crippen LogP contribution in [-0.2, 0) is 0 Å². The fourth-order valence-electron chi connectivity index (χ4n) is 2.80. The Kier molecular flexibility index (Phi) is 4.89. The lowest BCUT2D eigenvalue weighted by atomic mass is 10.1. The summed E-state index contributed by atoms with van der Waals surface area (Å²) in [5.74, 6) is -0.893. The maximum Gasteiger partial charge on any atom is 0.255 e. The highest BCUT2D eigenvalue weighted by molar-refractivity contribution is 6.05. The molecule has 4 nitrogen and oxygen atoms in total. The summed E-state index contributed by atoms with van der Waals surface area (Å²) >= 11 is 0. The maximum absolute atomic E-state index is 13.6. The van der Waals surface area contributed by atoms with Crippen molar-refractivity contribution in [2.45, 2.75) is 19.3 Å². The first-order chi connectivity index (χ1) is 11.6. The topological polar surface area (TPSA) is 49.4 Å². The first kappa shape index (κ1) is 16.2. The molecule has 2 amide bonds. The van der Waals surface area contributed by atoms with E-state index in [0.717, 1.165) is 25.9 Å². The third kappa shape index (κ3) is 3.62. The molecule has 0 atom stereocenters. The van der Waals surface area contributed by atoms with Gasteiger partial charge in [0.2, 0.25) is 0 Å². The lowest BCUT2D eigenvalue weighted by Gasteiger charge is -2.26. The predicted octanol–water partition coefficient (Wildman–Crippen LogP) is 3.70. The van der Waals surface area contributed by atoms with Crippen molar-refractivity contribution in [2.75, 3.05) is 18.4 Å². The molecule has 0 saturated carbocycles. The molecule has 1 aliphatic rings. The molecular formula is C19H19FN2O2. The van der Waals surface area contributed by atoms with Gasteiger partial charge in [-0.25, -0.2) is 4.39 Å². The van der Waals surface area contributed by atoms with E-state index in [1.807, 2.05) is 4.90 Å². The fourth-order valence-corrected chi connectivity index (χ4v) is 2.80. The summed E-state index contributed by atoms with van der Waals surface area (Å²) in [5.41, 5.74) is 1.09. The van der Waals surface area contributed by atoms with E-state index in [4.69, 9.17) is 0 Å². The van der Waals surface area contributed by atoms with Crippen molar-refractivity contribution in [3.05, 3.63) is 65.5 Å². The van der Waals surface area contributed by atoms with Crippen molar-refractivity contribution in [3.8, 4) is 0 Å². The smallest absolute Gasteiger partial charge is 0.255 e. The van der Waals surface area contributed by atoms with Crippen LogP contribution in [0.25, 0.3) is 0 Å². The number of para-hydroxylation sites is 1. The largest absolute Gasteiger partial charge is 0.339 e. The standard InChI is InChI=1S/C19H19FN2O2/c20-16-6-2-3-7-17(16)21-18(23)14-8-10-15(11-9-14)19(24)22-12-4-1-5-13-22/h2-3,6-11H,1,4-5,12-13H2,(H,21,23). The first-order valence-electron chi connectivity index (χ1n) is 8.10. The number of amides is 2. The van der Waals surface area contributed by atoms with Crippen LogP contribution in [0.5, 0.6) is 0 Å². The normalized spacial score (nSPS) is 14.3. The molecule has 0 unspecified atom stereocenters. The molecule has 1 saturated heterocycles. The summed E-state index contributed by atoms with van der Waals surface area (Å²) in [6.45, 7) is 1.57. The summed E-state index contributed by atoms with van der Waals surface area (Å²) in [5, 5.41) is 2.53. The molecule has 3 rings (SSSR count). The Bertz CT molecular complexity index is 737. The highest BCUT2D eigenvalue weighted by atomic mass is 19.1. The van der Waals surface area contributed by atoms with Gasteiger partial charge in [-0.3, -0.25) is 9.59 Å². The van der Waals surface area contributed by atoms with Gasteiger partial charge in [0.25, 0.3) is 11.8 Å². The Labute approximate surface area is 140 Å². The molecule has 5 heteroatoms. The Hall–Kier alpha value is -2.69. The zero-order valence-electron chi connectivity index (χ0n) is 13.3. The number of carbonyl (C=O) groups excluding carboxylic acids is 2. The summed E-state index contributed by atoms with van der Waals surface area (Å²) < 4.78 is 13.6. The number of halogens is 1. The van der Waals surface area contributed by atoms with Crippen LogP contribution in [0.3, 0.4) is 0 Å². The van der Waals surface area contributed by atoms with Crippen LogP contribution in [0.15, 0.2) is 48.5 Å². The molecular weight excluding hydrogens is 307 g/mol. The molecule has 2 aromatic carbocycles. The number of hydrogen-bond acceptors (Lipinski definition) is 2. The molecule has 0 bridgehead atoms. The Morgan fingerprint density at radius 2 is 1.50 bits per heavy atom. The van der Waals surface area contributed by atoms with E-state index >= 15 is 0 Å². The van der Waals surface area contributed by atoms with Crippen molar-refractivity contribution in [1.82, 2.24) is 4.90 Å². The second-order valence-corrected chi connectivity index (χ2v) is 5.86. The SMILES string of the molecule is O=C(Nc1ccccc1F)c1ccc(C(=O)N2CCCCC2)cc1. The number of rotatable bonds is 3. The van der Waals surface area contributed by atoms with E-state index in [1.165, 1.54) is 18.6 Å². The molecule has 124 valence electrons. The number of nitrogens with zero attached hydrogens (tertiary/aromatic N) is 1. The number of likely N-dealkylation sites (tertiary alicyclic amines) is 1. The molecule has 2 aromatic rings. The van der Waals surface area contributed by atoms with Crippen LogP contribution < -0.4 is 5.32 Å². The van der Waals surface area contributed by atoms with Crippen LogP contribution in [0.4, 0.5) is 10.1 Å². The fraction of sp³-hybridized carbons (Fsp3) is 0.263. The van der Waals surface area contributed by atoms with Crippen LogP contribution in [0.1, 0.15) is 40.0 Å². The second kappa shape index (κ2) is 7.25. The van der Waals surface area contributed by atoms with Gasteiger partial charge in [0.1, 0.15) is 5.82 Å². The zero-order chi connectivity index (χ0) is 16.9. The van der Waals surface area contributed by atoms with E-state index < -0.39 is 11.7 Å². The Morgan fingerprint density at radius 1 is 0.875 bits per heavy atom. The lowest BCUT2D eigenvalue weighted by molar-refractivity contribution is 0.0724. The number of hydrogen-bond donors (Lipinski definition) is 1. The number of benzene rings is 2. The van der Waals surface area contributed by atoms with Gasteiger partial charge in [0, 0.05) is 24.2 Å². The first-order valence-corrected chi connectivity index (χ1v) is 8.10. The van der Waals surface area contributed by atoms with Crippen LogP contribution in [-0.4, -0.2) is 29.8 Å². The monoisotopic (exact) mass is 326 g/mol. The highest BCUT2D eigenvalue weighted by Gasteiger charge is 2.18. The van der Waals surface area contributed by atoms with Crippen molar-refractivity contribution in [1.29, 1.82) is 0 Å². The minimum absolute atomic E-state index is 0.00392. The highest BCUT2D eigenvalue weighted by Crippen LogP contribution is 2.16. The molecule has 0 aromatic heterocycles. The molecule has 0 spiro atoms. The predicted molar refractivity (Wildman–Crippen MR) is 90.5 cm³/mol. The average Bonchev–Trinajstić information content (AvgIpc) is 2.64. The van der Waals surface area contributed by atoms with Gasteiger partial charge in [-0.15, -0.1) is 0 Å². The lowest BCUT2D eigenvalue weighted by Crippen LogP contribution is -2.35. The van der Waals surface area contributed by atoms with Crippen LogP contribution in [0.2, 0.25) is 0 Å². The van der Waals surface area contributed by atoms with E-state index in [9.17, 15) is 14.0 Å². The van der Waals surface area contributed by atoms with Gasteiger partial charge in [0.05, 0.1) is 5.69 Å². The van der Waals surface area contributed by atoms with Crippen molar-refractivity contribution < 1.29 is 14.0 Å². The van der Waals surface area contributed by atoms with Gasteiger partial charge in [-0.2, -0.15) is 0 Å². The van der Waals surface area contributed by atoms with Gasteiger partial charge in [-0.1, -0.05) is 12.1 Å². The van der Waals surface area contributed by atoms with Gasteiger partial charge in [0.15, 0.2) is 0 Å². The third-order valence-electron chi connectivity index (χ3n) is 4.16. The minimum atomic E-state index is -0.484. The molecule has 0 aliphatic carbocycles. The van der Waals surface area contributed by atoms with Gasteiger partial charge >= 0.3 is 0 Å². The van der Waals surface area contributed by atoms with Crippen molar-refractivity contribution in [2.24, 2.45) is 0 Å². The van der Waals surface area contributed by atoms with Crippen LogP contribution >= 0.6 is 0 Å². The molecule has 1 heterocycles. The van der Waals surface area contributed by atoms with Gasteiger partial charge in [-0.05, 0) is 55.7 Å². The Morgan fingerprint density at radius 3 is 2.17 bits per heavy atom. The van der Waals surface area contributed by atoms with E-state index in [0.29, 0.717) is 11.1 Å². The van der Waals surface area contributed by atoms with E-state index in [2.05, 4.69) is 5.32 Å². The summed E-state index contributed by atoms with van der Waals surface area (Å²) in [6, 6.07) is 12.5. The third-order valence-corrected chi connectivity index (χ3v) is 4.16. The summed E-state index contributed by atoms with van der Waals surface area (Å²) in [7, 11) is 0. The van der Waals surface area contributed by atoms with Crippen LogP contribution in [0, 0.1) is 5.82 Å². The molecule has 1 fully saturated rings. The summed E-state index contributed by atoms with van der Waals surface area (Å²) in [4.78, 5) is 26.4. The average molecular weight is 326 g/mol. The zero-order valence-corrected chi connectivity index (χ0v) is 13.3. The van der Waals surface area contributed by atoms with E-state index in [1.54, 1.807) is 36.4 Å². The maximum atomic E-state index is 13.6. The molecule has 1 aliphatic heterocycles. The molecule has 1 N–H and O–H groups in total. The summed E-state index contributed by atoms with van der Waals surface area (Å²) in [6.07, 6.45) is 3.24. The number of carbonyl (C=O) groups is 2. The number of piperidine rings is 1. The molecule has 24 heavy (non-hydrogen) atoms. The van der Waals surface area contributed by atoms with Crippen molar-refractivity contribution in [3.63, 3.8) is 0 Å². The van der Waals surface area contributed by atoms with E-state index in [-0.39, 0.29) is 11.6 Å².